The van der Waals surface area contributed by atoms with Crippen molar-refractivity contribution in [3.63, 3.8) is 0 Å². The summed E-state index contributed by atoms with van der Waals surface area (Å²) in [7, 11) is 0. The minimum atomic E-state index is -0.803. The molecule has 5 nitrogen and oxygen atoms in total. The zero-order chi connectivity index (χ0) is 14.0. The summed E-state index contributed by atoms with van der Waals surface area (Å²) in [5.74, 6) is -0.803. The summed E-state index contributed by atoms with van der Waals surface area (Å²) in [6.07, 6.45) is 0.0502. The number of aromatic nitrogens is 1. The van der Waals surface area contributed by atoms with Gasteiger partial charge in [0.15, 0.2) is 5.13 Å². The predicted octanol–water partition coefficient (Wildman–Crippen LogP) is 1.90. The van der Waals surface area contributed by atoms with E-state index in [9.17, 15) is 4.79 Å². The van der Waals surface area contributed by atoms with Gasteiger partial charge >= 0.3 is 5.97 Å². The Morgan fingerprint density at radius 1 is 1.42 bits per heavy atom. The molecule has 6 heteroatoms. The molecule has 0 aromatic carbocycles. The molecule has 0 bridgehead atoms. The second kappa shape index (κ2) is 5.46. The molecule has 0 unspecified atom stereocenters. The van der Waals surface area contributed by atoms with E-state index in [4.69, 9.17) is 9.84 Å². The van der Waals surface area contributed by atoms with Crippen LogP contribution in [0.3, 0.4) is 0 Å². The normalized spacial score (nSPS) is 16.7. The fraction of sp³-hybridized carbons (Fsp3) is 0.692. The van der Waals surface area contributed by atoms with Gasteiger partial charge in [-0.2, -0.15) is 0 Å². The number of carbonyl (C=O) groups is 1. The van der Waals surface area contributed by atoms with Crippen molar-refractivity contribution in [3.8, 4) is 0 Å². The van der Waals surface area contributed by atoms with Crippen LogP contribution in [0.5, 0.6) is 0 Å². The highest BCUT2D eigenvalue weighted by Crippen LogP contribution is 2.34. The van der Waals surface area contributed by atoms with E-state index in [1.807, 2.05) is 0 Å². The van der Waals surface area contributed by atoms with Crippen LogP contribution < -0.4 is 4.90 Å². The van der Waals surface area contributed by atoms with Crippen LogP contribution >= 0.6 is 11.3 Å². The number of ether oxygens (including phenoxy) is 1. The van der Waals surface area contributed by atoms with Crippen LogP contribution in [0, 0.1) is 0 Å². The van der Waals surface area contributed by atoms with Gasteiger partial charge in [-0.05, 0) is 0 Å². The Bertz CT molecular complexity index is 459. The third-order valence-corrected chi connectivity index (χ3v) is 4.11. The molecule has 1 aliphatic rings. The highest BCUT2D eigenvalue weighted by Gasteiger charge is 2.26. The Hall–Kier alpha value is -1.14. The molecule has 0 amide bonds. The molecule has 1 aromatic rings. The van der Waals surface area contributed by atoms with Gasteiger partial charge in [0.25, 0.3) is 0 Å². The van der Waals surface area contributed by atoms with E-state index in [0.29, 0.717) is 13.2 Å². The van der Waals surface area contributed by atoms with Gasteiger partial charge in [0.2, 0.25) is 0 Å². The summed E-state index contributed by atoms with van der Waals surface area (Å²) < 4.78 is 5.33. The van der Waals surface area contributed by atoms with Crippen LogP contribution in [0.4, 0.5) is 5.13 Å². The van der Waals surface area contributed by atoms with Crippen molar-refractivity contribution in [1.29, 1.82) is 0 Å². The average molecular weight is 284 g/mol. The molecule has 2 rings (SSSR count). The maximum absolute atomic E-state index is 11.0. The molecule has 1 aliphatic heterocycles. The summed E-state index contributed by atoms with van der Waals surface area (Å²) in [5, 5.41) is 9.94. The molecule has 0 atom stereocenters. The zero-order valence-electron chi connectivity index (χ0n) is 11.6. The molecular formula is C13H20N2O3S. The topological polar surface area (TPSA) is 62.7 Å². The van der Waals surface area contributed by atoms with Gasteiger partial charge in [-0.15, -0.1) is 11.3 Å². The number of anilines is 1. The number of carboxylic acid groups (broad SMARTS) is 1. The van der Waals surface area contributed by atoms with E-state index >= 15 is 0 Å². The lowest BCUT2D eigenvalue weighted by molar-refractivity contribution is -0.136. The third kappa shape index (κ3) is 3.45. The minimum absolute atomic E-state index is 0.0502. The Balaban J connectivity index is 2.30. The van der Waals surface area contributed by atoms with E-state index in [1.54, 1.807) is 0 Å². The van der Waals surface area contributed by atoms with Crippen LogP contribution in [0.25, 0.3) is 0 Å². The van der Waals surface area contributed by atoms with Crippen molar-refractivity contribution in [1.82, 2.24) is 4.98 Å². The zero-order valence-corrected chi connectivity index (χ0v) is 12.4. The molecule has 2 heterocycles. The van der Waals surface area contributed by atoms with Crippen LogP contribution in [0.2, 0.25) is 0 Å². The number of aliphatic carboxylic acids is 1. The van der Waals surface area contributed by atoms with Crippen molar-refractivity contribution >= 4 is 22.4 Å². The van der Waals surface area contributed by atoms with E-state index < -0.39 is 5.97 Å². The highest BCUT2D eigenvalue weighted by atomic mass is 32.1. The average Bonchev–Trinajstić information content (AvgIpc) is 2.73. The summed E-state index contributed by atoms with van der Waals surface area (Å²) in [6.45, 7) is 9.26. The SMILES string of the molecule is CC(C)(C)c1nc(N2CCOCC2)sc1CC(=O)O. The summed E-state index contributed by atoms with van der Waals surface area (Å²) >= 11 is 1.50. The van der Waals surface area contributed by atoms with E-state index in [2.05, 4.69) is 30.7 Å². The quantitative estimate of drug-likeness (QED) is 0.918. The molecule has 106 valence electrons. The predicted molar refractivity (Wildman–Crippen MR) is 75.2 cm³/mol. The van der Waals surface area contributed by atoms with Crippen molar-refractivity contribution in [3.05, 3.63) is 10.6 Å². The molecule has 0 aliphatic carbocycles. The number of thiazole rings is 1. The molecular weight excluding hydrogens is 264 g/mol. The number of carboxylic acids is 1. The molecule has 0 saturated carbocycles. The van der Waals surface area contributed by atoms with Gasteiger partial charge in [-0.3, -0.25) is 4.79 Å². The van der Waals surface area contributed by atoms with Crippen molar-refractivity contribution < 1.29 is 14.6 Å². The van der Waals surface area contributed by atoms with Crippen LogP contribution in [0.1, 0.15) is 31.3 Å². The molecule has 1 aromatic heterocycles. The first-order valence-electron chi connectivity index (χ1n) is 6.42. The van der Waals surface area contributed by atoms with Gasteiger partial charge in [-0.25, -0.2) is 4.98 Å². The van der Waals surface area contributed by atoms with Crippen molar-refractivity contribution in [2.45, 2.75) is 32.6 Å². The second-order valence-electron chi connectivity index (χ2n) is 5.69. The van der Waals surface area contributed by atoms with Crippen molar-refractivity contribution in [2.75, 3.05) is 31.2 Å². The maximum Gasteiger partial charge on any atom is 0.308 e. The number of hydrogen-bond donors (Lipinski definition) is 1. The maximum atomic E-state index is 11.0. The fourth-order valence-corrected chi connectivity index (χ4v) is 3.39. The Morgan fingerprint density at radius 2 is 2.05 bits per heavy atom. The number of morpholine rings is 1. The van der Waals surface area contributed by atoms with E-state index in [-0.39, 0.29) is 11.8 Å². The van der Waals surface area contributed by atoms with Crippen LogP contribution in [-0.4, -0.2) is 42.4 Å². The first-order chi connectivity index (χ1) is 8.88. The smallest absolute Gasteiger partial charge is 0.308 e. The number of hydrogen-bond acceptors (Lipinski definition) is 5. The van der Waals surface area contributed by atoms with Gasteiger partial charge in [0.1, 0.15) is 0 Å². The molecule has 19 heavy (non-hydrogen) atoms. The molecule has 1 N–H and O–H groups in total. The monoisotopic (exact) mass is 284 g/mol. The first kappa shape index (κ1) is 14.3. The van der Waals surface area contributed by atoms with Gasteiger partial charge in [-0.1, -0.05) is 20.8 Å². The van der Waals surface area contributed by atoms with Gasteiger partial charge in [0, 0.05) is 23.4 Å². The summed E-state index contributed by atoms with van der Waals surface area (Å²) in [6, 6.07) is 0. The second-order valence-corrected chi connectivity index (χ2v) is 6.75. The lowest BCUT2D eigenvalue weighted by Gasteiger charge is -2.26. The van der Waals surface area contributed by atoms with E-state index in [0.717, 1.165) is 28.8 Å². The Kier molecular flexibility index (Phi) is 4.10. The third-order valence-electron chi connectivity index (χ3n) is 2.99. The Labute approximate surface area is 117 Å². The lowest BCUT2D eigenvalue weighted by Crippen LogP contribution is -2.36. The lowest BCUT2D eigenvalue weighted by atomic mass is 9.91. The highest BCUT2D eigenvalue weighted by molar-refractivity contribution is 7.15. The molecule has 0 spiro atoms. The molecule has 0 radical (unpaired) electrons. The van der Waals surface area contributed by atoms with Crippen LogP contribution in [0.15, 0.2) is 0 Å². The fourth-order valence-electron chi connectivity index (χ4n) is 2.07. The number of nitrogens with zero attached hydrogens (tertiary/aromatic N) is 2. The number of rotatable bonds is 3. The Morgan fingerprint density at radius 3 is 2.58 bits per heavy atom. The van der Waals surface area contributed by atoms with Crippen LogP contribution in [-0.2, 0) is 21.4 Å². The first-order valence-corrected chi connectivity index (χ1v) is 7.24. The summed E-state index contributed by atoms with van der Waals surface area (Å²) in [4.78, 5) is 18.7. The minimum Gasteiger partial charge on any atom is -0.481 e. The van der Waals surface area contributed by atoms with Gasteiger partial charge < -0.3 is 14.7 Å². The summed E-state index contributed by atoms with van der Waals surface area (Å²) in [5.41, 5.74) is 0.771. The van der Waals surface area contributed by atoms with E-state index in [1.165, 1.54) is 11.3 Å². The van der Waals surface area contributed by atoms with Crippen molar-refractivity contribution in [2.24, 2.45) is 0 Å². The largest absolute Gasteiger partial charge is 0.481 e. The standard InChI is InChI=1S/C13H20N2O3S/c1-13(2,3)11-9(8-10(16)17)19-12(14-11)15-4-6-18-7-5-15/h4-8H2,1-3H3,(H,16,17). The molecule has 1 saturated heterocycles. The van der Waals surface area contributed by atoms with Gasteiger partial charge in [0.05, 0.1) is 25.3 Å². The molecule has 1 fully saturated rings.